The van der Waals surface area contributed by atoms with E-state index in [1.807, 2.05) is 12.4 Å². The standard InChI is InChI=1S/C15H21N3/c1-12-7-8-16-11-15(12)18-10-9-17(13(18)2)14-5-3-4-6-14/h7-11,13-14H,3-6H2,1-2H3. The van der Waals surface area contributed by atoms with Crippen LogP contribution in [0.1, 0.15) is 38.2 Å². The molecule has 1 aliphatic heterocycles. The van der Waals surface area contributed by atoms with E-state index < -0.39 is 0 Å². The van der Waals surface area contributed by atoms with Crippen molar-refractivity contribution in [2.24, 2.45) is 0 Å². The number of rotatable bonds is 2. The quantitative estimate of drug-likeness (QED) is 0.794. The molecule has 1 aromatic rings. The van der Waals surface area contributed by atoms with Crippen LogP contribution >= 0.6 is 0 Å². The maximum atomic E-state index is 4.25. The van der Waals surface area contributed by atoms with Crippen LogP contribution in [0.25, 0.3) is 0 Å². The van der Waals surface area contributed by atoms with Crippen molar-refractivity contribution in [2.45, 2.75) is 51.7 Å². The van der Waals surface area contributed by atoms with Gasteiger partial charge in [-0.2, -0.15) is 0 Å². The monoisotopic (exact) mass is 243 g/mol. The molecule has 1 atom stereocenters. The Hall–Kier alpha value is -1.51. The number of aryl methyl sites for hydroxylation is 1. The second-order valence-electron chi connectivity index (χ2n) is 5.38. The number of pyridine rings is 1. The Morgan fingerprint density at radius 2 is 2.00 bits per heavy atom. The number of aromatic nitrogens is 1. The molecule has 2 heterocycles. The van der Waals surface area contributed by atoms with Crippen molar-refractivity contribution in [1.29, 1.82) is 0 Å². The first-order chi connectivity index (χ1) is 8.77. The predicted molar refractivity (Wildman–Crippen MR) is 74.2 cm³/mol. The fourth-order valence-electron chi connectivity index (χ4n) is 3.18. The van der Waals surface area contributed by atoms with Crippen molar-refractivity contribution in [1.82, 2.24) is 9.88 Å². The number of nitrogens with zero attached hydrogens (tertiary/aromatic N) is 3. The normalized spacial score (nSPS) is 24.2. The number of hydrogen-bond donors (Lipinski definition) is 0. The average molecular weight is 243 g/mol. The first-order valence-corrected chi connectivity index (χ1v) is 6.92. The van der Waals surface area contributed by atoms with Crippen molar-refractivity contribution in [3.8, 4) is 0 Å². The summed E-state index contributed by atoms with van der Waals surface area (Å²) in [6.07, 6.45) is 14.1. The molecule has 1 aliphatic carbocycles. The van der Waals surface area contributed by atoms with Crippen molar-refractivity contribution in [2.75, 3.05) is 4.90 Å². The molecule has 0 saturated heterocycles. The number of anilines is 1. The lowest BCUT2D eigenvalue weighted by molar-refractivity contribution is 0.237. The lowest BCUT2D eigenvalue weighted by atomic mass is 10.2. The molecular formula is C15H21N3. The summed E-state index contributed by atoms with van der Waals surface area (Å²) in [5.74, 6) is 0. The minimum atomic E-state index is 0.413. The molecule has 0 bridgehead atoms. The van der Waals surface area contributed by atoms with Gasteiger partial charge >= 0.3 is 0 Å². The molecule has 3 nitrogen and oxygen atoms in total. The lowest BCUT2D eigenvalue weighted by Crippen LogP contribution is -2.41. The van der Waals surface area contributed by atoms with E-state index in [1.165, 1.54) is 36.9 Å². The molecule has 0 amide bonds. The predicted octanol–water partition coefficient (Wildman–Crippen LogP) is 3.27. The minimum Gasteiger partial charge on any atom is -0.353 e. The van der Waals surface area contributed by atoms with E-state index in [2.05, 4.69) is 47.1 Å². The Labute approximate surface area is 109 Å². The van der Waals surface area contributed by atoms with E-state index >= 15 is 0 Å². The van der Waals surface area contributed by atoms with Gasteiger partial charge in [0.1, 0.15) is 6.17 Å². The topological polar surface area (TPSA) is 19.4 Å². The molecule has 96 valence electrons. The third-order valence-electron chi connectivity index (χ3n) is 4.27. The molecule has 3 heteroatoms. The van der Waals surface area contributed by atoms with Gasteiger partial charge in [-0.15, -0.1) is 0 Å². The second kappa shape index (κ2) is 4.63. The van der Waals surface area contributed by atoms with Gasteiger partial charge in [-0.3, -0.25) is 4.98 Å². The molecule has 2 aliphatic rings. The Morgan fingerprint density at radius 1 is 1.22 bits per heavy atom. The smallest absolute Gasteiger partial charge is 0.103 e. The average Bonchev–Trinajstić information content (AvgIpc) is 2.99. The summed E-state index contributed by atoms with van der Waals surface area (Å²) in [6.45, 7) is 4.43. The maximum absolute atomic E-state index is 4.25. The van der Waals surface area contributed by atoms with Crippen LogP contribution in [0.3, 0.4) is 0 Å². The SMILES string of the molecule is Cc1ccncc1N1C=CN(C2CCCC2)C1C. The van der Waals surface area contributed by atoms with Crippen molar-refractivity contribution >= 4 is 5.69 Å². The van der Waals surface area contributed by atoms with Crippen molar-refractivity contribution < 1.29 is 0 Å². The highest BCUT2D eigenvalue weighted by atomic mass is 15.4. The van der Waals surface area contributed by atoms with E-state index in [0.29, 0.717) is 6.17 Å². The van der Waals surface area contributed by atoms with Gasteiger partial charge in [-0.05, 0) is 38.3 Å². The van der Waals surface area contributed by atoms with Crippen LogP contribution < -0.4 is 4.90 Å². The van der Waals surface area contributed by atoms with Crippen LogP contribution in [-0.2, 0) is 0 Å². The highest BCUT2D eigenvalue weighted by Gasteiger charge is 2.30. The largest absolute Gasteiger partial charge is 0.353 e. The summed E-state index contributed by atoms with van der Waals surface area (Å²) < 4.78 is 0. The third kappa shape index (κ3) is 1.88. The number of hydrogen-bond acceptors (Lipinski definition) is 3. The molecular weight excluding hydrogens is 222 g/mol. The van der Waals surface area contributed by atoms with E-state index in [9.17, 15) is 0 Å². The summed E-state index contributed by atoms with van der Waals surface area (Å²) in [7, 11) is 0. The first kappa shape index (κ1) is 11.6. The zero-order valence-electron chi connectivity index (χ0n) is 11.2. The molecule has 0 N–H and O–H groups in total. The minimum absolute atomic E-state index is 0.413. The van der Waals surface area contributed by atoms with Gasteiger partial charge in [-0.25, -0.2) is 0 Å². The zero-order valence-corrected chi connectivity index (χ0v) is 11.2. The lowest BCUT2D eigenvalue weighted by Gasteiger charge is -2.34. The molecule has 3 rings (SSSR count). The molecule has 1 saturated carbocycles. The van der Waals surface area contributed by atoms with E-state index in [0.717, 1.165) is 6.04 Å². The van der Waals surface area contributed by atoms with Crippen LogP contribution in [0.2, 0.25) is 0 Å². The highest BCUT2D eigenvalue weighted by Crippen LogP contribution is 2.32. The van der Waals surface area contributed by atoms with Crippen LogP contribution in [0, 0.1) is 6.92 Å². The van der Waals surface area contributed by atoms with Gasteiger partial charge < -0.3 is 9.80 Å². The second-order valence-corrected chi connectivity index (χ2v) is 5.38. The third-order valence-corrected chi connectivity index (χ3v) is 4.27. The highest BCUT2D eigenvalue weighted by molar-refractivity contribution is 5.55. The molecule has 1 fully saturated rings. The van der Waals surface area contributed by atoms with Crippen LogP contribution in [0.5, 0.6) is 0 Å². The summed E-state index contributed by atoms with van der Waals surface area (Å²) in [5, 5.41) is 0. The molecule has 0 aromatic carbocycles. The zero-order chi connectivity index (χ0) is 12.5. The Bertz CT molecular complexity index is 449. The first-order valence-electron chi connectivity index (χ1n) is 6.92. The van der Waals surface area contributed by atoms with Crippen molar-refractivity contribution in [3.63, 3.8) is 0 Å². The van der Waals surface area contributed by atoms with Gasteiger partial charge in [-0.1, -0.05) is 12.8 Å². The summed E-state index contributed by atoms with van der Waals surface area (Å²) >= 11 is 0. The summed E-state index contributed by atoms with van der Waals surface area (Å²) in [4.78, 5) is 9.10. The Balaban J connectivity index is 1.80. The molecule has 0 spiro atoms. The van der Waals surface area contributed by atoms with Crippen molar-refractivity contribution in [3.05, 3.63) is 36.4 Å². The van der Waals surface area contributed by atoms with Gasteiger partial charge in [0.05, 0.1) is 11.9 Å². The Morgan fingerprint density at radius 3 is 2.72 bits per heavy atom. The Kier molecular flexibility index (Phi) is 2.98. The molecule has 18 heavy (non-hydrogen) atoms. The van der Waals surface area contributed by atoms with E-state index in [-0.39, 0.29) is 0 Å². The van der Waals surface area contributed by atoms with E-state index in [4.69, 9.17) is 0 Å². The van der Waals surface area contributed by atoms with Gasteiger partial charge in [0.25, 0.3) is 0 Å². The van der Waals surface area contributed by atoms with Gasteiger partial charge in [0, 0.05) is 24.6 Å². The fraction of sp³-hybridized carbons (Fsp3) is 0.533. The summed E-state index contributed by atoms with van der Waals surface area (Å²) in [5.41, 5.74) is 2.51. The van der Waals surface area contributed by atoms with Gasteiger partial charge in [0.15, 0.2) is 0 Å². The summed E-state index contributed by atoms with van der Waals surface area (Å²) in [6, 6.07) is 2.81. The maximum Gasteiger partial charge on any atom is 0.103 e. The molecule has 1 aromatic heterocycles. The van der Waals surface area contributed by atoms with E-state index in [1.54, 1.807) is 0 Å². The fourth-order valence-corrected chi connectivity index (χ4v) is 3.18. The van der Waals surface area contributed by atoms with Crippen LogP contribution in [0.4, 0.5) is 5.69 Å². The molecule has 1 unspecified atom stereocenters. The van der Waals surface area contributed by atoms with Gasteiger partial charge in [0.2, 0.25) is 0 Å². The van der Waals surface area contributed by atoms with Crippen LogP contribution in [0.15, 0.2) is 30.9 Å². The van der Waals surface area contributed by atoms with Crippen LogP contribution in [-0.4, -0.2) is 22.1 Å². The molecule has 0 radical (unpaired) electrons.